The molecule has 1 saturated heterocycles. The van der Waals surface area contributed by atoms with Gasteiger partial charge in [-0.1, -0.05) is 6.42 Å². The topological polar surface area (TPSA) is 35.2 Å². The zero-order valence-corrected chi connectivity index (χ0v) is 8.87. The molecule has 0 amide bonds. The Morgan fingerprint density at radius 3 is 2.50 bits per heavy atom. The minimum Gasteiger partial charge on any atom is -0.374 e. The molecule has 0 aliphatic carbocycles. The second-order valence-electron chi connectivity index (χ2n) is 3.91. The highest BCUT2D eigenvalue weighted by Crippen LogP contribution is 2.17. The molecule has 1 aliphatic rings. The van der Waals surface area contributed by atoms with E-state index in [4.69, 9.17) is 16.9 Å². The number of hydrogen-bond donors (Lipinski definition) is 1. The fraction of sp³-hybridized carbons (Fsp3) is 0.818. The molecule has 1 fully saturated rings. The molecule has 0 aromatic carbocycles. The Morgan fingerprint density at radius 1 is 1.21 bits per heavy atom. The Balaban J connectivity index is 2.26. The van der Waals surface area contributed by atoms with Crippen LogP contribution in [0.1, 0.15) is 19.3 Å². The zero-order chi connectivity index (χ0) is 10.3. The summed E-state index contributed by atoms with van der Waals surface area (Å²) >= 11 is 0. The van der Waals surface area contributed by atoms with Gasteiger partial charge in [0, 0.05) is 6.54 Å². The predicted molar refractivity (Wildman–Crippen MR) is 57.4 cm³/mol. The molecule has 1 heterocycles. The van der Waals surface area contributed by atoms with Crippen molar-refractivity contribution in [1.82, 2.24) is 0 Å². The maximum atomic E-state index is 5.59. The summed E-state index contributed by atoms with van der Waals surface area (Å²) in [5, 5.41) is 0. The van der Waals surface area contributed by atoms with Gasteiger partial charge in [-0.15, -0.1) is 0 Å². The van der Waals surface area contributed by atoms with Crippen LogP contribution in [0.4, 0.5) is 0 Å². The van der Waals surface area contributed by atoms with Gasteiger partial charge >= 0.3 is 0 Å². The van der Waals surface area contributed by atoms with E-state index in [1.165, 1.54) is 19.3 Å². The Morgan fingerprint density at radius 2 is 1.93 bits per heavy atom. The van der Waals surface area contributed by atoms with E-state index in [9.17, 15) is 0 Å². The van der Waals surface area contributed by atoms with Crippen LogP contribution in [-0.2, 0) is 4.74 Å². The molecular formula is C11H21N2O+. The van der Waals surface area contributed by atoms with Gasteiger partial charge in [0.1, 0.15) is 12.6 Å². The monoisotopic (exact) mass is 197 g/mol. The average Bonchev–Trinajstić information content (AvgIpc) is 2.26. The Kier molecular flexibility index (Phi) is 4.95. The molecule has 0 radical (unpaired) electrons. The molecule has 0 spiro atoms. The highest BCUT2D eigenvalue weighted by atomic mass is 16.5. The Hall–Kier alpha value is -0.560. The molecule has 2 N–H and O–H groups in total. The Labute approximate surface area is 86.8 Å². The zero-order valence-electron chi connectivity index (χ0n) is 8.87. The quantitative estimate of drug-likeness (QED) is 0.397. The number of quaternary nitrogens is 1. The van der Waals surface area contributed by atoms with Gasteiger partial charge < -0.3 is 10.5 Å². The molecule has 14 heavy (non-hydrogen) atoms. The molecule has 0 aromatic rings. The van der Waals surface area contributed by atoms with Crippen molar-refractivity contribution in [2.45, 2.75) is 19.3 Å². The number of hydrogen-bond acceptors (Lipinski definition) is 2. The van der Waals surface area contributed by atoms with Crippen molar-refractivity contribution in [3.05, 3.63) is 0 Å². The molecule has 1 rings (SSSR count). The van der Waals surface area contributed by atoms with Crippen LogP contribution in [0.3, 0.4) is 0 Å². The van der Waals surface area contributed by atoms with Gasteiger partial charge in [-0.3, -0.25) is 0 Å². The number of nitrogens with zero attached hydrogens (tertiary/aromatic N) is 1. The second-order valence-corrected chi connectivity index (χ2v) is 3.91. The van der Waals surface area contributed by atoms with E-state index in [-0.39, 0.29) is 0 Å². The van der Waals surface area contributed by atoms with Crippen molar-refractivity contribution in [3.8, 4) is 12.5 Å². The first kappa shape index (κ1) is 11.5. The molecule has 1 aliphatic heterocycles. The SMILES string of the molecule is C#C[N+]1(CCOCCN)CCCCC1. The van der Waals surface area contributed by atoms with Gasteiger partial charge in [0.2, 0.25) is 0 Å². The summed E-state index contributed by atoms with van der Waals surface area (Å²) in [4.78, 5) is 0. The highest BCUT2D eigenvalue weighted by Gasteiger charge is 2.27. The van der Waals surface area contributed by atoms with Crippen molar-refractivity contribution in [3.63, 3.8) is 0 Å². The van der Waals surface area contributed by atoms with Crippen molar-refractivity contribution in [2.24, 2.45) is 5.73 Å². The van der Waals surface area contributed by atoms with Crippen LogP contribution in [0, 0.1) is 12.5 Å². The third kappa shape index (κ3) is 3.30. The molecule has 3 nitrogen and oxygen atoms in total. The van der Waals surface area contributed by atoms with Gasteiger partial charge in [-0.05, 0) is 19.3 Å². The normalized spacial score (nSPS) is 20.3. The minimum atomic E-state index is 0.593. The summed E-state index contributed by atoms with van der Waals surface area (Å²) in [6, 6.07) is 2.92. The molecule has 0 atom stereocenters. The number of terminal acetylenes is 1. The van der Waals surface area contributed by atoms with E-state index in [1.807, 2.05) is 0 Å². The van der Waals surface area contributed by atoms with Gasteiger partial charge in [0.25, 0.3) is 0 Å². The van der Waals surface area contributed by atoms with E-state index in [0.717, 1.165) is 30.7 Å². The maximum absolute atomic E-state index is 5.59. The number of piperidine rings is 1. The average molecular weight is 197 g/mol. The smallest absolute Gasteiger partial charge is 0.133 e. The summed E-state index contributed by atoms with van der Waals surface area (Å²) in [6.07, 6.45) is 9.42. The summed E-state index contributed by atoms with van der Waals surface area (Å²) < 4.78 is 6.17. The highest BCUT2D eigenvalue weighted by molar-refractivity contribution is 4.75. The number of ether oxygens (including phenoxy) is 1. The number of nitrogens with two attached hydrogens (primary N) is 1. The van der Waals surface area contributed by atoms with E-state index in [1.54, 1.807) is 0 Å². The maximum Gasteiger partial charge on any atom is 0.133 e. The van der Waals surface area contributed by atoms with E-state index >= 15 is 0 Å². The van der Waals surface area contributed by atoms with Gasteiger partial charge in [-0.2, -0.15) is 0 Å². The number of rotatable bonds is 5. The lowest BCUT2D eigenvalue weighted by Gasteiger charge is -2.34. The first-order valence-corrected chi connectivity index (χ1v) is 5.45. The number of likely N-dealkylation sites (tertiary alicyclic amines) is 1. The van der Waals surface area contributed by atoms with E-state index in [2.05, 4.69) is 6.04 Å². The third-order valence-electron chi connectivity index (χ3n) is 2.87. The molecule has 0 aromatic heterocycles. The predicted octanol–water partition coefficient (Wildman–Crippen LogP) is 0.553. The second kappa shape index (κ2) is 6.02. The van der Waals surface area contributed by atoms with Gasteiger partial charge in [0.05, 0.1) is 26.3 Å². The van der Waals surface area contributed by atoms with Crippen LogP contribution in [0.25, 0.3) is 0 Å². The minimum absolute atomic E-state index is 0.593. The molecular weight excluding hydrogens is 176 g/mol. The molecule has 80 valence electrons. The molecule has 0 unspecified atom stereocenters. The van der Waals surface area contributed by atoms with Crippen molar-refractivity contribution in [2.75, 3.05) is 39.4 Å². The van der Waals surface area contributed by atoms with Crippen molar-refractivity contribution in [1.29, 1.82) is 0 Å². The van der Waals surface area contributed by atoms with Crippen LogP contribution >= 0.6 is 0 Å². The van der Waals surface area contributed by atoms with Gasteiger partial charge in [0.15, 0.2) is 0 Å². The lowest BCUT2D eigenvalue weighted by atomic mass is 10.1. The van der Waals surface area contributed by atoms with Crippen molar-refractivity contribution >= 4 is 0 Å². The largest absolute Gasteiger partial charge is 0.374 e. The fourth-order valence-electron chi connectivity index (χ4n) is 1.96. The Bertz CT molecular complexity index is 192. The van der Waals surface area contributed by atoms with E-state index in [0.29, 0.717) is 13.2 Å². The summed E-state index contributed by atoms with van der Waals surface area (Å²) in [5.41, 5.74) is 5.34. The van der Waals surface area contributed by atoms with Crippen LogP contribution in [0.2, 0.25) is 0 Å². The fourth-order valence-corrected chi connectivity index (χ4v) is 1.96. The first-order chi connectivity index (χ1) is 6.83. The summed E-state index contributed by atoms with van der Waals surface area (Å²) in [5.74, 6) is 0. The lowest BCUT2D eigenvalue weighted by molar-refractivity contribution is -0.869. The third-order valence-corrected chi connectivity index (χ3v) is 2.87. The lowest BCUT2D eigenvalue weighted by Crippen LogP contribution is -2.49. The molecule has 0 saturated carbocycles. The van der Waals surface area contributed by atoms with Crippen LogP contribution in [0.5, 0.6) is 0 Å². The van der Waals surface area contributed by atoms with Crippen LogP contribution < -0.4 is 5.73 Å². The van der Waals surface area contributed by atoms with Crippen LogP contribution in [-0.4, -0.2) is 43.9 Å². The van der Waals surface area contributed by atoms with Crippen molar-refractivity contribution < 1.29 is 9.22 Å². The van der Waals surface area contributed by atoms with Crippen LogP contribution in [0.15, 0.2) is 0 Å². The summed E-state index contributed by atoms with van der Waals surface area (Å²) in [7, 11) is 0. The summed E-state index contributed by atoms with van der Waals surface area (Å²) in [6.45, 7) is 5.14. The standard InChI is InChI=1S/C11H21N2O/c1-2-13(7-4-3-5-8-13)9-11-14-10-6-12/h1H,3-12H2/q+1. The molecule has 3 heteroatoms. The molecule has 0 bridgehead atoms. The first-order valence-electron chi connectivity index (χ1n) is 5.45. The van der Waals surface area contributed by atoms with E-state index < -0.39 is 0 Å². The van der Waals surface area contributed by atoms with Gasteiger partial charge in [-0.25, -0.2) is 4.48 Å².